The molecular weight excluding hydrogens is 336 g/mol. The number of ether oxygens (including phenoxy) is 1. The van der Waals surface area contributed by atoms with E-state index < -0.39 is 6.09 Å². The highest BCUT2D eigenvalue weighted by Crippen LogP contribution is 2.28. The molecule has 2 aromatic rings. The van der Waals surface area contributed by atoms with Crippen molar-refractivity contribution in [2.75, 3.05) is 32.8 Å². The van der Waals surface area contributed by atoms with Crippen LogP contribution in [-0.2, 0) is 9.53 Å². The molecule has 2 aliphatic rings. The van der Waals surface area contributed by atoms with Gasteiger partial charge in [-0.05, 0) is 12.8 Å². The van der Waals surface area contributed by atoms with Crippen molar-refractivity contribution in [3.63, 3.8) is 0 Å². The molecule has 2 saturated heterocycles. The van der Waals surface area contributed by atoms with E-state index in [-0.39, 0.29) is 18.4 Å². The number of likely N-dealkylation sites (tertiary alicyclic amines) is 1. The highest BCUT2D eigenvalue weighted by Gasteiger charge is 2.30. The topological polar surface area (TPSA) is 88.8 Å². The first-order valence-electron chi connectivity index (χ1n) is 8.79. The van der Waals surface area contributed by atoms with Crippen LogP contribution in [0.3, 0.4) is 0 Å². The zero-order valence-electron chi connectivity index (χ0n) is 14.3. The number of aromatic nitrogens is 2. The van der Waals surface area contributed by atoms with Crippen molar-refractivity contribution in [2.45, 2.75) is 18.8 Å². The quantitative estimate of drug-likeness (QED) is 0.831. The Kier molecular flexibility index (Phi) is 4.55. The van der Waals surface area contributed by atoms with Crippen LogP contribution in [0.2, 0.25) is 0 Å². The predicted octanol–water partition coefficient (Wildman–Crippen LogP) is 1.89. The van der Waals surface area contributed by atoms with Gasteiger partial charge in [-0.2, -0.15) is 4.98 Å². The molecule has 0 aliphatic carbocycles. The second-order valence-corrected chi connectivity index (χ2v) is 6.51. The van der Waals surface area contributed by atoms with E-state index in [0.29, 0.717) is 38.0 Å². The van der Waals surface area contributed by atoms with E-state index in [4.69, 9.17) is 9.26 Å². The number of carbonyl (C=O) groups excluding carboxylic acids is 2. The van der Waals surface area contributed by atoms with E-state index in [0.717, 1.165) is 18.4 Å². The second kappa shape index (κ2) is 7.15. The summed E-state index contributed by atoms with van der Waals surface area (Å²) in [6, 6.07) is 9.70. The molecule has 3 heterocycles. The highest BCUT2D eigenvalue weighted by molar-refractivity contribution is 5.83. The molecular formula is C18H20N4O4. The van der Waals surface area contributed by atoms with E-state index in [9.17, 15) is 9.59 Å². The molecule has 0 spiro atoms. The minimum absolute atomic E-state index is 0.0437. The van der Waals surface area contributed by atoms with E-state index in [1.165, 1.54) is 4.90 Å². The molecule has 0 radical (unpaired) electrons. The summed E-state index contributed by atoms with van der Waals surface area (Å²) < 4.78 is 10.3. The summed E-state index contributed by atoms with van der Waals surface area (Å²) in [7, 11) is 0. The van der Waals surface area contributed by atoms with Crippen LogP contribution < -0.4 is 0 Å². The summed E-state index contributed by atoms with van der Waals surface area (Å²) in [6.07, 6.45) is 1.13. The Bertz CT molecular complexity index is 783. The first-order chi connectivity index (χ1) is 12.7. The maximum Gasteiger partial charge on any atom is 0.410 e. The molecule has 2 amide bonds. The molecule has 8 nitrogen and oxygen atoms in total. The third-order valence-corrected chi connectivity index (χ3v) is 4.84. The number of nitrogens with zero attached hydrogens (tertiary/aromatic N) is 4. The molecule has 0 atom stereocenters. The molecule has 2 fully saturated rings. The van der Waals surface area contributed by atoms with Gasteiger partial charge >= 0.3 is 6.09 Å². The fraction of sp³-hybridized carbons (Fsp3) is 0.444. The molecule has 1 aromatic heterocycles. The average Bonchev–Trinajstić information content (AvgIpc) is 3.32. The summed E-state index contributed by atoms with van der Waals surface area (Å²) in [5, 5.41) is 4.07. The van der Waals surface area contributed by atoms with Gasteiger partial charge in [-0.15, -0.1) is 0 Å². The number of amides is 2. The van der Waals surface area contributed by atoms with Crippen LogP contribution in [0.5, 0.6) is 0 Å². The normalized spacial score (nSPS) is 18.2. The van der Waals surface area contributed by atoms with Crippen molar-refractivity contribution < 1.29 is 18.8 Å². The third-order valence-electron chi connectivity index (χ3n) is 4.84. The Morgan fingerprint density at radius 3 is 2.62 bits per heavy atom. The minimum Gasteiger partial charge on any atom is -0.448 e. The maximum atomic E-state index is 12.4. The number of piperidine rings is 1. The van der Waals surface area contributed by atoms with E-state index in [2.05, 4.69) is 10.1 Å². The summed E-state index contributed by atoms with van der Waals surface area (Å²) >= 11 is 0. The molecule has 0 saturated carbocycles. The molecule has 8 heteroatoms. The fourth-order valence-electron chi connectivity index (χ4n) is 3.31. The molecule has 1 aromatic carbocycles. The van der Waals surface area contributed by atoms with Crippen molar-refractivity contribution in [2.24, 2.45) is 0 Å². The van der Waals surface area contributed by atoms with Crippen LogP contribution in [-0.4, -0.2) is 64.7 Å². The highest BCUT2D eigenvalue weighted by atomic mass is 16.6. The summed E-state index contributed by atoms with van der Waals surface area (Å²) in [5.41, 5.74) is 0.924. The molecule has 26 heavy (non-hydrogen) atoms. The first kappa shape index (κ1) is 16.6. The van der Waals surface area contributed by atoms with Crippen LogP contribution in [0.4, 0.5) is 4.79 Å². The molecule has 136 valence electrons. The average molecular weight is 356 g/mol. The van der Waals surface area contributed by atoms with E-state index in [1.807, 2.05) is 30.3 Å². The monoisotopic (exact) mass is 356 g/mol. The number of hydrogen-bond donors (Lipinski definition) is 0. The largest absolute Gasteiger partial charge is 0.448 e. The molecule has 0 N–H and O–H groups in total. The Balaban J connectivity index is 1.33. The van der Waals surface area contributed by atoms with E-state index in [1.54, 1.807) is 4.90 Å². The summed E-state index contributed by atoms with van der Waals surface area (Å²) in [6.45, 7) is 2.16. The lowest BCUT2D eigenvalue weighted by molar-refractivity contribution is -0.132. The van der Waals surface area contributed by atoms with Crippen molar-refractivity contribution in [1.82, 2.24) is 19.9 Å². The minimum atomic E-state index is -0.410. The number of rotatable bonds is 4. The van der Waals surface area contributed by atoms with Crippen LogP contribution in [0.25, 0.3) is 11.4 Å². The van der Waals surface area contributed by atoms with Crippen LogP contribution in [0.1, 0.15) is 24.7 Å². The fourth-order valence-corrected chi connectivity index (χ4v) is 3.31. The van der Waals surface area contributed by atoms with Gasteiger partial charge in [-0.1, -0.05) is 35.5 Å². The molecule has 0 bridgehead atoms. The number of carbonyl (C=O) groups is 2. The van der Waals surface area contributed by atoms with Gasteiger partial charge in [0.2, 0.25) is 17.6 Å². The number of hydrogen-bond acceptors (Lipinski definition) is 6. The maximum absolute atomic E-state index is 12.4. The Morgan fingerprint density at radius 2 is 1.92 bits per heavy atom. The van der Waals surface area contributed by atoms with Gasteiger partial charge in [-0.3, -0.25) is 9.69 Å². The molecule has 2 aliphatic heterocycles. The number of benzene rings is 1. The Morgan fingerprint density at radius 1 is 1.15 bits per heavy atom. The van der Waals surface area contributed by atoms with Gasteiger partial charge in [0.05, 0.1) is 6.54 Å². The van der Waals surface area contributed by atoms with Crippen molar-refractivity contribution >= 4 is 12.0 Å². The molecule has 0 unspecified atom stereocenters. The third kappa shape index (κ3) is 3.40. The lowest BCUT2D eigenvalue weighted by Gasteiger charge is -2.31. The van der Waals surface area contributed by atoms with Crippen molar-refractivity contribution in [3.05, 3.63) is 36.2 Å². The van der Waals surface area contributed by atoms with Gasteiger partial charge in [0.1, 0.15) is 13.2 Å². The summed E-state index contributed by atoms with van der Waals surface area (Å²) in [4.78, 5) is 31.6. The van der Waals surface area contributed by atoms with Gasteiger partial charge in [0.15, 0.2) is 0 Å². The lowest BCUT2D eigenvalue weighted by atomic mass is 9.96. The van der Waals surface area contributed by atoms with Gasteiger partial charge in [-0.25, -0.2) is 4.79 Å². The van der Waals surface area contributed by atoms with Gasteiger partial charge < -0.3 is 14.2 Å². The smallest absolute Gasteiger partial charge is 0.410 e. The molecule has 4 rings (SSSR count). The first-order valence-corrected chi connectivity index (χ1v) is 8.79. The van der Waals surface area contributed by atoms with Gasteiger partial charge in [0.25, 0.3) is 0 Å². The van der Waals surface area contributed by atoms with E-state index >= 15 is 0 Å². The second-order valence-electron chi connectivity index (χ2n) is 6.51. The standard InChI is InChI=1S/C18H20N4O4/c23-15(12-22-10-11-25-18(22)24)21-8-6-14(7-9-21)17-19-16(20-26-17)13-4-2-1-3-5-13/h1-5,14H,6-12H2. The lowest BCUT2D eigenvalue weighted by Crippen LogP contribution is -2.44. The number of cyclic esters (lactones) is 1. The zero-order chi connectivity index (χ0) is 17.9. The summed E-state index contributed by atoms with van der Waals surface area (Å²) in [5.74, 6) is 1.32. The Hall–Kier alpha value is -2.90. The van der Waals surface area contributed by atoms with Crippen LogP contribution >= 0.6 is 0 Å². The SMILES string of the molecule is O=C(CN1CCOC1=O)N1CCC(c2nc(-c3ccccc3)no2)CC1. The van der Waals surface area contributed by atoms with Crippen molar-refractivity contribution in [1.29, 1.82) is 0 Å². The van der Waals surface area contributed by atoms with Gasteiger partial charge in [0, 0.05) is 24.6 Å². The zero-order valence-corrected chi connectivity index (χ0v) is 14.3. The van der Waals surface area contributed by atoms with Crippen LogP contribution in [0, 0.1) is 0 Å². The predicted molar refractivity (Wildman–Crippen MR) is 91.2 cm³/mol. The van der Waals surface area contributed by atoms with Crippen molar-refractivity contribution in [3.8, 4) is 11.4 Å². The Labute approximate surface area is 150 Å². The van der Waals surface area contributed by atoms with Crippen LogP contribution in [0.15, 0.2) is 34.9 Å².